The van der Waals surface area contributed by atoms with Gasteiger partial charge in [-0.25, -0.2) is 4.98 Å². The minimum Gasteiger partial charge on any atom is -0.315 e. The lowest BCUT2D eigenvalue weighted by molar-refractivity contribution is 0.771. The Bertz CT molecular complexity index is 576. The number of nitrogens with one attached hydrogen (secondary N) is 1. The number of nitrogens with zero attached hydrogens (tertiary/aromatic N) is 1. The highest BCUT2D eigenvalue weighted by Crippen LogP contribution is 2.34. The Kier molecular flexibility index (Phi) is 4.76. The summed E-state index contributed by atoms with van der Waals surface area (Å²) in [4.78, 5) is 6.19. The zero-order valence-corrected chi connectivity index (χ0v) is 14.2. The zero-order chi connectivity index (χ0) is 14.0. The van der Waals surface area contributed by atoms with Crippen molar-refractivity contribution in [2.45, 2.75) is 33.2 Å². The summed E-state index contributed by atoms with van der Waals surface area (Å²) in [7, 11) is 1.98. The summed E-state index contributed by atoms with van der Waals surface area (Å²) in [5.74, 6) is 0.462. The first-order chi connectivity index (χ1) is 9.02. The van der Waals surface area contributed by atoms with Crippen LogP contribution in [-0.2, 0) is 6.54 Å². The number of rotatable bonds is 4. The smallest absolute Gasteiger partial charge is 0.124 e. The third-order valence-electron chi connectivity index (χ3n) is 3.03. The van der Waals surface area contributed by atoms with Crippen LogP contribution >= 0.6 is 27.3 Å². The fraction of sp³-hybridized carbons (Fsp3) is 0.400. The molecule has 0 amide bonds. The van der Waals surface area contributed by atoms with Crippen molar-refractivity contribution in [3.63, 3.8) is 0 Å². The van der Waals surface area contributed by atoms with Crippen molar-refractivity contribution in [1.82, 2.24) is 10.3 Å². The maximum atomic E-state index is 4.85. The molecule has 0 bridgehead atoms. The molecule has 1 heterocycles. The van der Waals surface area contributed by atoms with Crippen molar-refractivity contribution in [1.29, 1.82) is 0 Å². The van der Waals surface area contributed by atoms with E-state index in [4.69, 9.17) is 4.98 Å². The molecule has 1 aromatic carbocycles. The largest absolute Gasteiger partial charge is 0.315 e. The third kappa shape index (κ3) is 3.25. The molecule has 0 saturated heterocycles. The van der Waals surface area contributed by atoms with Gasteiger partial charge in [-0.2, -0.15) is 0 Å². The molecule has 19 heavy (non-hydrogen) atoms. The van der Waals surface area contributed by atoms with Crippen LogP contribution in [-0.4, -0.2) is 12.0 Å². The van der Waals surface area contributed by atoms with E-state index in [9.17, 15) is 0 Å². The minimum atomic E-state index is 0.462. The van der Waals surface area contributed by atoms with E-state index >= 15 is 0 Å². The van der Waals surface area contributed by atoms with Gasteiger partial charge in [0.05, 0.1) is 5.69 Å². The van der Waals surface area contributed by atoms with Crippen LogP contribution in [0.15, 0.2) is 22.7 Å². The highest BCUT2D eigenvalue weighted by molar-refractivity contribution is 9.10. The lowest BCUT2D eigenvalue weighted by atomic mass is 10.1. The first-order valence-electron chi connectivity index (χ1n) is 6.43. The van der Waals surface area contributed by atoms with Gasteiger partial charge in [0, 0.05) is 21.5 Å². The van der Waals surface area contributed by atoms with E-state index in [1.165, 1.54) is 21.7 Å². The van der Waals surface area contributed by atoms with Gasteiger partial charge in [-0.05, 0) is 37.6 Å². The summed E-state index contributed by atoms with van der Waals surface area (Å²) in [6.07, 6.45) is 0. The summed E-state index contributed by atoms with van der Waals surface area (Å²) >= 11 is 5.31. The van der Waals surface area contributed by atoms with Crippen LogP contribution in [0, 0.1) is 6.92 Å². The van der Waals surface area contributed by atoms with Crippen molar-refractivity contribution >= 4 is 27.3 Å². The van der Waals surface area contributed by atoms with E-state index in [0.29, 0.717) is 5.92 Å². The SMILES string of the molecule is CNCc1sc(-c2ccc(Br)cc2C)nc1C(C)C. The van der Waals surface area contributed by atoms with Gasteiger partial charge in [-0.1, -0.05) is 35.8 Å². The van der Waals surface area contributed by atoms with Gasteiger partial charge in [0.1, 0.15) is 5.01 Å². The maximum absolute atomic E-state index is 4.85. The van der Waals surface area contributed by atoms with Crippen LogP contribution in [0.25, 0.3) is 10.6 Å². The van der Waals surface area contributed by atoms with Crippen molar-refractivity contribution in [2.75, 3.05) is 7.05 Å². The molecule has 0 aliphatic heterocycles. The molecule has 4 heteroatoms. The van der Waals surface area contributed by atoms with Crippen LogP contribution in [0.1, 0.15) is 35.9 Å². The number of aromatic nitrogens is 1. The van der Waals surface area contributed by atoms with Gasteiger partial charge in [0.25, 0.3) is 0 Å². The van der Waals surface area contributed by atoms with Gasteiger partial charge in [0.15, 0.2) is 0 Å². The van der Waals surface area contributed by atoms with Crippen LogP contribution in [0.3, 0.4) is 0 Å². The van der Waals surface area contributed by atoms with Crippen molar-refractivity contribution in [2.24, 2.45) is 0 Å². The summed E-state index contributed by atoms with van der Waals surface area (Å²) in [6, 6.07) is 6.37. The number of halogens is 1. The molecule has 102 valence electrons. The van der Waals surface area contributed by atoms with Gasteiger partial charge in [0.2, 0.25) is 0 Å². The van der Waals surface area contributed by atoms with Gasteiger partial charge < -0.3 is 5.32 Å². The predicted molar refractivity (Wildman–Crippen MR) is 86.8 cm³/mol. The lowest BCUT2D eigenvalue weighted by Gasteiger charge is -2.04. The van der Waals surface area contributed by atoms with Crippen LogP contribution < -0.4 is 5.32 Å². The first kappa shape index (κ1) is 14.7. The molecule has 1 N–H and O–H groups in total. The normalized spacial score (nSPS) is 11.3. The van der Waals surface area contributed by atoms with Gasteiger partial charge in [-0.15, -0.1) is 11.3 Å². The van der Waals surface area contributed by atoms with Crippen LogP contribution in [0.5, 0.6) is 0 Å². The molecule has 0 fully saturated rings. The highest BCUT2D eigenvalue weighted by atomic mass is 79.9. The summed E-state index contributed by atoms with van der Waals surface area (Å²) in [6.45, 7) is 7.42. The molecule has 0 radical (unpaired) electrons. The van der Waals surface area contributed by atoms with Gasteiger partial charge >= 0.3 is 0 Å². The molecular formula is C15H19BrN2S. The van der Waals surface area contributed by atoms with Crippen LogP contribution in [0.2, 0.25) is 0 Å². The zero-order valence-electron chi connectivity index (χ0n) is 11.7. The van der Waals surface area contributed by atoms with Crippen molar-refractivity contribution < 1.29 is 0 Å². The average molecular weight is 339 g/mol. The van der Waals surface area contributed by atoms with Crippen LogP contribution in [0.4, 0.5) is 0 Å². The Morgan fingerprint density at radius 2 is 2.11 bits per heavy atom. The van der Waals surface area contributed by atoms with E-state index in [2.05, 4.69) is 60.2 Å². The predicted octanol–water partition coefficient (Wildman–Crippen LogP) is 4.72. The van der Waals surface area contributed by atoms with Crippen molar-refractivity contribution in [3.8, 4) is 10.6 Å². The third-order valence-corrected chi connectivity index (χ3v) is 4.63. The summed E-state index contributed by atoms with van der Waals surface area (Å²) < 4.78 is 1.12. The monoisotopic (exact) mass is 338 g/mol. The number of aryl methyl sites for hydroxylation is 1. The Hall–Kier alpha value is -0.710. The number of hydrogen-bond acceptors (Lipinski definition) is 3. The maximum Gasteiger partial charge on any atom is 0.124 e. The van der Waals surface area contributed by atoms with E-state index in [-0.39, 0.29) is 0 Å². The minimum absolute atomic E-state index is 0.462. The summed E-state index contributed by atoms with van der Waals surface area (Å²) in [5, 5.41) is 4.35. The number of thiazole rings is 1. The molecule has 2 nitrogen and oxygen atoms in total. The van der Waals surface area contributed by atoms with E-state index < -0.39 is 0 Å². The number of hydrogen-bond donors (Lipinski definition) is 1. The second-order valence-corrected chi connectivity index (χ2v) is 6.97. The van der Waals surface area contributed by atoms with E-state index in [1.807, 2.05) is 7.05 Å². The average Bonchev–Trinajstić information content (AvgIpc) is 2.73. The molecule has 0 spiro atoms. The highest BCUT2D eigenvalue weighted by Gasteiger charge is 2.15. The van der Waals surface area contributed by atoms with E-state index in [0.717, 1.165) is 16.0 Å². The topological polar surface area (TPSA) is 24.9 Å². The van der Waals surface area contributed by atoms with Gasteiger partial charge in [-0.3, -0.25) is 0 Å². The van der Waals surface area contributed by atoms with Crippen molar-refractivity contribution in [3.05, 3.63) is 38.8 Å². The Morgan fingerprint density at radius 3 is 2.68 bits per heavy atom. The molecule has 2 aromatic rings. The molecule has 0 saturated carbocycles. The summed E-state index contributed by atoms with van der Waals surface area (Å²) in [5.41, 5.74) is 3.71. The van der Waals surface area contributed by atoms with E-state index in [1.54, 1.807) is 11.3 Å². The molecule has 0 unspecified atom stereocenters. The molecule has 0 atom stereocenters. The molecule has 1 aromatic heterocycles. The molecule has 0 aliphatic rings. The second kappa shape index (κ2) is 6.16. The Morgan fingerprint density at radius 1 is 1.37 bits per heavy atom. The standard InChI is InChI=1S/C15H19BrN2S/c1-9(2)14-13(8-17-4)19-15(18-14)12-6-5-11(16)7-10(12)3/h5-7,9,17H,8H2,1-4H3. The first-order valence-corrected chi connectivity index (χ1v) is 8.04. The number of benzene rings is 1. The quantitative estimate of drug-likeness (QED) is 0.871. The lowest BCUT2D eigenvalue weighted by Crippen LogP contribution is -2.06. The Labute approximate surface area is 127 Å². The molecule has 2 rings (SSSR count). The molecular weight excluding hydrogens is 320 g/mol. The fourth-order valence-electron chi connectivity index (χ4n) is 2.08. The Balaban J connectivity index is 2.47. The molecule has 0 aliphatic carbocycles. The fourth-order valence-corrected chi connectivity index (χ4v) is 3.88. The second-order valence-electron chi connectivity index (χ2n) is 4.97.